The number of hydrogen-bond acceptors (Lipinski definition) is 9. The fraction of sp³-hybridized carbons (Fsp3) is 0.538. The lowest BCUT2D eigenvalue weighted by Crippen LogP contribution is -2.52. The van der Waals surface area contributed by atoms with Gasteiger partial charge in [-0.1, -0.05) is 60.1 Å². The Hall–Kier alpha value is -3.68. The molecule has 2 aliphatic rings. The van der Waals surface area contributed by atoms with Gasteiger partial charge in [-0.3, -0.25) is 0 Å². The lowest BCUT2D eigenvalue weighted by Gasteiger charge is -2.43. The molecule has 3 aromatic rings. The molecule has 0 saturated carbocycles. The van der Waals surface area contributed by atoms with Gasteiger partial charge in [-0.2, -0.15) is 4.31 Å². The average Bonchev–Trinajstić information content (AvgIpc) is 3.15. The Morgan fingerprint density at radius 1 is 1.00 bits per heavy atom. The molecule has 0 N–H and O–H groups in total. The first kappa shape index (κ1) is 39.5. The van der Waals surface area contributed by atoms with E-state index in [0.29, 0.717) is 58.4 Å². The van der Waals surface area contributed by atoms with Gasteiger partial charge in [-0.15, -0.1) is 0 Å². The first-order valence-electron chi connectivity index (χ1n) is 18.1. The van der Waals surface area contributed by atoms with Crippen LogP contribution in [0.25, 0.3) is 10.4 Å². The second kappa shape index (κ2) is 19.4. The number of fused-ring (bicyclic) bond motifs is 1. The van der Waals surface area contributed by atoms with Gasteiger partial charge in [0.15, 0.2) is 0 Å². The van der Waals surface area contributed by atoms with Crippen LogP contribution >= 0.6 is 0 Å². The number of sulfonamides is 1. The predicted octanol–water partition coefficient (Wildman–Crippen LogP) is 6.86. The van der Waals surface area contributed by atoms with E-state index in [2.05, 4.69) is 52.2 Å². The molecule has 282 valence electrons. The Balaban J connectivity index is 1.41. The Kier molecular flexibility index (Phi) is 14.8. The summed E-state index contributed by atoms with van der Waals surface area (Å²) in [5.41, 5.74) is 14.1. The van der Waals surface area contributed by atoms with Gasteiger partial charge in [-0.25, -0.2) is 8.42 Å². The standard InChI is InChI=1S/C39H53N5O7S/c1-29-6-13-35(14-7-29)52(45,46)44-24-39(51-28-32-10-15-38-37(22-32)43(19-21-50-38)18-5-20-47-3)36(23-34(44)16-17-41-42-40)33-11-8-31(9-12-33)27-49-26-30(2)25-48-4/h6-15,22,30,34,36,39H,5,16-21,23-28H2,1-4H3/t30-,34-,36+,39-/m0/s1. The van der Waals surface area contributed by atoms with Crippen molar-refractivity contribution in [2.45, 2.75) is 69.3 Å². The number of benzene rings is 3. The number of piperidine rings is 1. The van der Waals surface area contributed by atoms with Gasteiger partial charge in [0.25, 0.3) is 0 Å². The minimum Gasteiger partial charge on any atom is -0.490 e. The van der Waals surface area contributed by atoms with Crippen molar-refractivity contribution in [2.24, 2.45) is 11.0 Å². The highest BCUT2D eigenvalue weighted by atomic mass is 32.2. The summed E-state index contributed by atoms with van der Waals surface area (Å²) in [6, 6.07) is 21.0. The van der Waals surface area contributed by atoms with E-state index in [1.807, 2.05) is 31.2 Å². The van der Waals surface area contributed by atoms with E-state index in [4.69, 9.17) is 29.2 Å². The highest BCUT2D eigenvalue weighted by molar-refractivity contribution is 7.89. The predicted molar refractivity (Wildman–Crippen MR) is 201 cm³/mol. The van der Waals surface area contributed by atoms with Crippen LogP contribution in [0.4, 0.5) is 5.69 Å². The maximum Gasteiger partial charge on any atom is 0.243 e. The minimum atomic E-state index is -3.89. The SMILES string of the molecule is COCCCN1CCOc2ccc(CO[C@H]3CN(S(=O)(=O)c4ccc(C)cc4)[C@@H](CCN=[N+]=[N-])C[C@@H]3c3ccc(COC[C@@H](C)COC)cc3)cc21. The number of rotatable bonds is 19. The quantitative estimate of drug-likeness (QED) is 0.0564. The Bertz CT molecular complexity index is 1720. The van der Waals surface area contributed by atoms with Crippen LogP contribution in [0.1, 0.15) is 54.4 Å². The summed E-state index contributed by atoms with van der Waals surface area (Å²) in [5, 5.41) is 3.77. The zero-order chi connectivity index (χ0) is 36.9. The number of hydrogen-bond donors (Lipinski definition) is 0. The molecule has 0 bridgehead atoms. The van der Waals surface area contributed by atoms with E-state index in [9.17, 15) is 8.42 Å². The molecule has 0 aromatic heterocycles. The normalized spacial score (nSPS) is 19.8. The maximum absolute atomic E-state index is 14.3. The summed E-state index contributed by atoms with van der Waals surface area (Å²) in [6.45, 7) is 9.36. The molecule has 0 radical (unpaired) electrons. The van der Waals surface area contributed by atoms with E-state index >= 15 is 0 Å². The molecule has 1 saturated heterocycles. The van der Waals surface area contributed by atoms with Crippen molar-refractivity contribution in [3.8, 4) is 5.75 Å². The van der Waals surface area contributed by atoms with E-state index < -0.39 is 22.2 Å². The zero-order valence-electron chi connectivity index (χ0n) is 30.9. The minimum absolute atomic E-state index is 0.108. The monoisotopic (exact) mass is 735 g/mol. The molecule has 0 aliphatic carbocycles. The summed E-state index contributed by atoms with van der Waals surface area (Å²) < 4.78 is 59.2. The third-order valence-corrected chi connectivity index (χ3v) is 11.7. The summed E-state index contributed by atoms with van der Waals surface area (Å²) in [7, 11) is -0.480. The first-order valence-corrected chi connectivity index (χ1v) is 19.5. The number of methoxy groups -OCH3 is 2. The van der Waals surface area contributed by atoms with Gasteiger partial charge in [0, 0.05) is 63.3 Å². The molecule has 3 aromatic carbocycles. The van der Waals surface area contributed by atoms with Crippen molar-refractivity contribution in [3.63, 3.8) is 0 Å². The second-order valence-corrected chi connectivity index (χ2v) is 15.7. The van der Waals surface area contributed by atoms with Crippen LogP contribution in [0.5, 0.6) is 5.75 Å². The van der Waals surface area contributed by atoms with Crippen LogP contribution in [0.3, 0.4) is 0 Å². The van der Waals surface area contributed by atoms with Crippen LogP contribution < -0.4 is 9.64 Å². The lowest BCUT2D eigenvalue weighted by atomic mass is 9.83. The molecule has 1 fully saturated rings. The van der Waals surface area contributed by atoms with Crippen molar-refractivity contribution in [3.05, 3.63) is 99.4 Å². The topological polar surface area (TPSA) is 136 Å². The largest absolute Gasteiger partial charge is 0.490 e. The molecule has 2 aliphatic heterocycles. The number of azide groups is 1. The van der Waals surface area contributed by atoms with Gasteiger partial charge in [0.05, 0.1) is 49.7 Å². The van der Waals surface area contributed by atoms with E-state index in [1.54, 1.807) is 30.7 Å². The van der Waals surface area contributed by atoms with E-state index in [-0.39, 0.29) is 23.9 Å². The first-order chi connectivity index (χ1) is 25.2. The number of aryl methyl sites for hydroxylation is 1. The maximum atomic E-state index is 14.3. The molecule has 0 amide bonds. The molecule has 0 unspecified atom stereocenters. The summed E-state index contributed by atoms with van der Waals surface area (Å²) in [6.07, 6.45) is 1.36. The number of ether oxygens (including phenoxy) is 5. The Morgan fingerprint density at radius 3 is 2.50 bits per heavy atom. The second-order valence-electron chi connectivity index (χ2n) is 13.8. The molecule has 5 rings (SSSR count). The van der Waals surface area contributed by atoms with E-state index in [1.165, 1.54) is 0 Å². The van der Waals surface area contributed by atoms with Gasteiger partial charge in [0.1, 0.15) is 12.4 Å². The number of nitrogens with zero attached hydrogens (tertiary/aromatic N) is 5. The third-order valence-electron chi connectivity index (χ3n) is 9.75. The molecule has 12 nitrogen and oxygen atoms in total. The molecule has 52 heavy (non-hydrogen) atoms. The molecule has 13 heteroatoms. The van der Waals surface area contributed by atoms with Gasteiger partial charge in [0.2, 0.25) is 10.0 Å². The fourth-order valence-corrected chi connectivity index (χ4v) is 8.68. The van der Waals surface area contributed by atoms with Crippen LogP contribution in [0.15, 0.2) is 76.7 Å². The van der Waals surface area contributed by atoms with Gasteiger partial charge in [-0.05, 0) is 72.7 Å². The van der Waals surface area contributed by atoms with E-state index in [0.717, 1.165) is 53.2 Å². The van der Waals surface area contributed by atoms with Crippen molar-refractivity contribution in [1.82, 2.24) is 4.31 Å². The summed E-state index contributed by atoms with van der Waals surface area (Å²) in [5.74, 6) is 1.04. The van der Waals surface area contributed by atoms with Gasteiger partial charge >= 0.3 is 0 Å². The van der Waals surface area contributed by atoms with Gasteiger partial charge < -0.3 is 28.6 Å². The van der Waals surface area contributed by atoms with Crippen LogP contribution in [-0.4, -0.2) is 91.7 Å². The molecular formula is C39H53N5O7S. The molecule has 0 spiro atoms. The Labute approximate surface area is 308 Å². The fourth-order valence-electron chi connectivity index (χ4n) is 7.00. The molecule has 4 atom stereocenters. The zero-order valence-corrected chi connectivity index (χ0v) is 31.7. The van der Waals surface area contributed by atoms with Crippen molar-refractivity contribution in [2.75, 3.05) is 71.7 Å². The highest BCUT2D eigenvalue weighted by Gasteiger charge is 2.42. The number of anilines is 1. The summed E-state index contributed by atoms with van der Waals surface area (Å²) >= 11 is 0. The van der Waals surface area contributed by atoms with Crippen LogP contribution in [-0.2, 0) is 42.2 Å². The van der Waals surface area contributed by atoms with Crippen LogP contribution in [0.2, 0.25) is 0 Å². The average molecular weight is 736 g/mol. The third kappa shape index (κ3) is 10.5. The smallest absolute Gasteiger partial charge is 0.243 e. The molecule has 2 heterocycles. The van der Waals surface area contributed by atoms with Crippen molar-refractivity contribution < 1.29 is 32.1 Å². The summed E-state index contributed by atoms with van der Waals surface area (Å²) in [4.78, 5) is 5.49. The Morgan fingerprint density at radius 2 is 1.77 bits per heavy atom. The van der Waals surface area contributed by atoms with Crippen molar-refractivity contribution >= 4 is 15.7 Å². The molecular weight excluding hydrogens is 683 g/mol. The lowest BCUT2D eigenvalue weighted by molar-refractivity contribution is -0.0205. The van der Waals surface area contributed by atoms with Crippen molar-refractivity contribution in [1.29, 1.82) is 0 Å². The van der Waals surface area contributed by atoms with Crippen LogP contribution in [0, 0.1) is 12.8 Å². The highest BCUT2D eigenvalue weighted by Crippen LogP contribution is 2.39.